The van der Waals surface area contributed by atoms with E-state index in [-0.39, 0.29) is 24.6 Å². The zero-order valence-corrected chi connectivity index (χ0v) is 16.4. The number of benzene rings is 1. The Morgan fingerprint density at radius 2 is 2.00 bits per heavy atom. The van der Waals surface area contributed by atoms with Crippen LogP contribution in [0.15, 0.2) is 47.3 Å². The largest absolute Gasteiger partial charge is 0.458 e. The predicted octanol–water partition coefficient (Wildman–Crippen LogP) is 2.75. The number of aryl methyl sites for hydroxylation is 1. The molecule has 142 valence electrons. The summed E-state index contributed by atoms with van der Waals surface area (Å²) in [6, 6.07) is 12.4. The Bertz CT molecular complexity index is 1260. The Balaban J connectivity index is 1.41. The lowest BCUT2D eigenvalue weighted by Crippen LogP contribution is -2.30. The zero-order valence-electron chi connectivity index (χ0n) is 14.8. The van der Waals surface area contributed by atoms with E-state index in [4.69, 9.17) is 4.74 Å². The number of fused-ring (bicyclic) bond motifs is 3. The number of thiophene rings is 1. The Kier molecular flexibility index (Phi) is 4.93. The van der Waals surface area contributed by atoms with E-state index in [0.717, 1.165) is 15.1 Å². The molecule has 0 spiro atoms. The Labute approximate surface area is 167 Å². The van der Waals surface area contributed by atoms with Crippen molar-refractivity contribution in [2.24, 2.45) is 0 Å². The summed E-state index contributed by atoms with van der Waals surface area (Å²) in [5.74, 6) is -0.918. The molecule has 1 amide bonds. The molecule has 0 fully saturated rings. The number of para-hydroxylation sites is 1. The predicted molar refractivity (Wildman–Crippen MR) is 108 cm³/mol. The molecule has 0 aliphatic rings. The van der Waals surface area contributed by atoms with Gasteiger partial charge in [-0.25, -0.2) is 4.98 Å². The minimum absolute atomic E-state index is 0.132. The molecule has 3 aromatic heterocycles. The second-order valence-electron chi connectivity index (χ2n) is 6.03. The fraction of sp³-hybridized carbons (Fsp3) is 0.158. The van der Waals surface area contributed by atoms with Crippen LogP contribution in [0.25, 0.3) is 15.2 Å². The van der Waals surface area contributed by atoms with E-state index in [1.165, 1.54) is 33.1 Å². The molecule has 0 aliphatic carbocycles. The maximum absolute atomic E-state index is 12.4. The first-order valence-electron chi connectivity index (χ1n) is 8.42. The van der Waals surface area contributed by atoms with E-state index in [2.05, 4.69) is 10.3 Å². The summed E-state index contributed by atoms with van der Waals surface area (Å²) in [5, 5.41) is 2.52. The van der Waals surface area contributed by atoms with Gasteiger partial charge in [0.1, 0.15) is 13.2 Å². The number of esters is 1. The SMILES string of the molecule is Cc1ccc(C(=O)NCC(=O)OCc2cc(=O)n3c(n2)sc2ccccc23)s1. The van der Waals surface area contributed by atoms with E-state index in [0.29, 0.717) is 15.5 Å². The van der Waals surface area contributed by atoms with Crippen LogP contribution in [0.2, 0.25) is 0 Å². The van der Waals surface area contributed by atoms with Crippen LogP contribution < -0.4 is 10.9 Å². The molecule has 7 nitrogen and oxygen atoms in total. The van der Waals surface area contributed by atoms with Crippen molar-refractivity contribution in [3.05, 3.63) is 68.3 Å². The number of thiazole rings is 1. The summed E-state index contributed by atoms with van der Waals surface area (Å²) >= 11 is 2.75. The highest BCUT2D eigenvalue weighted by atomic mass is 32.1. The lowest BCUT2D eigenvalue weighted by molar-refractivity contribution is -0.143. The van der Waals surface area contributed by atoms with Crippen LogP contribution in [0.5, 0.6) is 0 Å². The summed E-state index contributed by atoms with van der Waals surface area (Å²) in [5.41, 5.74) is 0.940. The number of carbonyl (C=O) groups is 2. The molecule has 4 rings (SSSR count). The van der Waals surface area contributed by atoms with Gasteiger partial charge in [0.25, 0.3) is 11.5 Å². The van der Waals surface area contributed by atoms with Gasteiger partial charge in [-0.1, -0.05) is 23.5 Å². The van der Waals surface area contributed by atoms with Crippen molar-refractivity contribution in [2.45, 2.75) is 13.5 Å². The van der Waals surface area contributed by atoms with Crippen molar-refractivity contribution in [3.8, 4) is 0 Å². The molecule has 3 heterocycles. The second kappa shape index (κ2) is 7.53. The molecule has 0 radical (unpaired) electrons. The fourth-order valence-corrected chi connectivity index (χ4v) is 4.53. The zero-order chi connectivity index (χ0) is 19.7. The molecule has 0 saturated carbocycles. The van der Waals surface area contributed by atoms with Gasteiger partial charge in [-0.05, 0) is 31.2 Å². The van der Waals surface area contributed by atoms with E-state index in [1.54, 1.807) is 6.07 Å². The molecule has 0 aliphatic heterocycles. The molecule has 1 aromatic carbocycles. The molecule has 0 atom stereocenters. The quantitative estimate of drug-likeness (QED) is 0.508. The Morgan fingerprint density at radius 3 is 2.79 bits per heavy atom. The molecule has 0 unspecified atom stereocenters. The van der Waals surface area contributed by atoms with Gasteiger partial charge in [0.05, 0.1) is 20.8 Å². The molecule has 0 bridgehead atoms. The summed E-state index contributed by atoms with van der Waals surface area (Å²) in [4.78, 5) is 42.8. The molecule has 28 heavy (non-hydrogen) atoms. The molecule has 9 heteroatoms. The van der Waals surface area contributed by atoms with Gasteiger partial charge in [-0.15, -0.1) is 11.3 Å². The van der Waals surface area contributed by atoms with Crippen LogP contribution >= 0.6 is 22.7 Å². The third-order valence-electron chi connectivity index (χ3n) is 3.99. The maximum Gasteiger partial charge on any atom is 0.325 e. The first-order valence-corrected chi connectivity index (χ1v) is 10.0. The standard InChI is InChI=1S/C19H15N3O4S2/c1-11-6-7-15(27-11)18(25)20-9-17(24)26-10-12-8-16(23)22-13-4-2-3-5-14(13)28-19(22)21-12/h2-8H,9-10H2,1H3,(H,20,25). The van der Waals surface area contributed by atoms with Crippen LogP contribution in [0, 0.1) is 6.92 Å². The molecule has 4 aromatic rings. The first kappa shape index (κ1) is 18.3. The van der Waals surface area contributed by atoms with E-state index in [9.17, 15) is 14.4 Å². The third-order valence-corrected chi connectivity index (χ3v) is 6.01. The number of rotatable bonds is 5. The maximum atomic E-state index is 12.4. The number of ether oxygens (including phenoxy) is 1. The van der Waals surface area contributed by atoms with Crippen molar-refractivity contribution < 1.29 is 14.3 Å². The molecule has 1 N–H and O–H groups in total. The van der Waals surface area contributed by atoms with Crippen LogP contribution in [0.1, 0.15) is 20.2 Å². The highest BCUT2D eigenvalue weighted by molar-refractivity contribution is 7.23. The van der Waals surface area contributed by atoms with Crippen molar-refractivity contribution in [1.82, 2.24) is 14.7 Å². The van der Waals surface area contributed by atoms with Crippen molar-refractivity contribution in [2.75, 3.05) is 6.54 Å². The molecular formula is C19H15N3O4S2. The number of hydrogen-bond donors (Lipinski definition) is 1. The number of hydrogen-bond acceptors (Lipinski definition) is 7. The van der Waals surface area contributed by atoms with Crippen molar-refractivity contribution in [3.63, 3.8) is 0 Å². The second-order valence-corrected chi connectivity index (χ2v) is 8.32. The normalized spacial score (nSPS) is 11.0. The van der Waals surface area contributed by atoms with Crippen LogP contribution in [0.3, 0.4) is 0 Å². The lowest BCUT2D eigenvalue weighted by Gasteiger charge is -2.06. The van der Waals surface area contributed by atoms with Gasteiger partial charge in [0, 0.05) is 10.9 Å². The van der Waals surface area contributed by atoms with Crippen molar-refractivity contribution >= 4 is 49.7 Å². The average molecular weight is 413 g/mol. The highest BCUT2D eigenvalue weighted by Crippen LogP contribution is 2.23. The van der Waals surface area contributed by atoms with Gasteiger partial charge < -0.3 is 10.1 Å². The number of nitrogens with one attached hydrogen (secondary N) is 1. The molecule has 0 saturated heterocycles. The summed E-state index contributed by atoms with van der Waals surface area (Å²) in [6.07, 6.45) is 0. The number of amides is 1. The summed E-state index contributed by atoms with van der Waals surface area (Å²) < 4.78 is 7.63. The van der Waals surface area contributed by atoms with Crippen LogP contribution in [-0.4, -0.2) is 27.8 Å². The highest BCUT2D eigenvalue weighted by Gasteiger charge is 2.13. The minimum atomic E-state index is -0.597. The molecular weight excluding hydrogens is 398 g/mol. The summed E-state index contributed by atoms with van der Waals surface area (Å²) in [6.45, 7) is 1.52. The number of carbonyl (C=O) groups excluding carboxylic acids is 2. The van der Waals surface area contributed by atoms with Gasteiger partial charge in [-0.3, -0.25) is 18.8 Å². The Hall–Kier alpha value is -3.04. The minimum Gasteiger partial charge on any atom is -0.458 e. The van der Waals surface area contributed by atoms with Gasteiger partial charge in [0.2, 0.25) is 0 Å². The van der Waals surface area contributed by atoms with Gasteiger partial charge in [0.15, 0.2) is 4.96 Å². The Morgan fingerprint density at radius 1 is 1.18 bits per heavy atom. The van der Waals surface area contributed by atoms with Gasteiger partial charge >= 0.3 is 5.97 Å². The van der Waals surface area contributed by atoms with Crippen LogP contribution in [0.4, 0.5) is 0 Å². The van der Waals surface area contributed by atoms with Gasteiger partial charge in [-0.2, -0.15) is 0 Å². The number of nitrogens with zero attached hydrogens (tertiary/aromatic N) is 2. The third kappa shape index (κ3) is 3.67. The number of aromatic nitrogens is 2. The smallest absolute Gasteiger partial charge is 0.325 e. The average Bonchev–Trinajstić information content (AvgIpc) is 3.27. The first-order chi connectivity index (χ1) is 13.5. The topological polar surface area (TPSA) is 89.8 Å². The summed E-state index contributed by atoms with van der Waals surface area (Å²) in [7, 11) is 0. The monoisotopic (exact) mass is 413 g/mol. The van der Waals surface area contributed by atoms with E-state index >= 15 is 0 Å². The van der Waals surface area contributed by atoms with Crippen LogP contribution in [-0.2, 0) is 16.1 Å². The van der Waals surface area contributed by atoms with E-state index in [1.807, 2.05) is 37.3 Å². The van der Waals surface area contributed by atoms with E-state index < -0.39 is 5.97 Å². The fourth-order valence-electron chi connectivity index (χ4n) is 2.70. The lowest BCUT2D eigenvalue weighted by atomic mass is 10.3. The van der Waals surface area contributed by atoms with Crippen molar-refractivity contribution in [1.29, 1.82) is 0 Å².